The summed E-state index contributed by atoms with van der Waals surface area (Å²) in [5, 5.41) is 0.544. The van der Waals surface area contributed by atoms with Crippen LogP contribution in [0.15, 0.2) is 36.4 Å². The zero-order chi connectivity index (χ0) is 26.6. The van der Waals surface area contributed by atoms with Gasteiger partial charge in [-0.15, -0.1) is 12.4 Å². The third-order valence-corrected chi connectivity index (χ3v) is 8.06. The maximum atomic E-state index is 13.9. The number of morpholine rings is 1. The van der Waals surface area contributed by atoms with E-state index in [9.17, 15) is 14.0 Å². The average molecular weight is 579 g/mol. The van der Waals surface area contributed by atoms with E-state index in [0.29, 0.717) is 47.6 Å². The molecule has 1 unspecified atom stereocenters. The number of anilines is 2. The van der Waals surface area contributed by atoms with Gasteiger partial charge in [-0.3, -0.25) is 19.4 Å². The van der Waals surface area contributed by atoms with E-state index in [1.165, 1.54) is 23.5 Å². The molecule has 3 aromatic rings. The summed E-state index contributed by atoms with van der Waals surface area (Å²) >= 11 is 1.37. The van der Waals surface area contributed by atoms with Crippen LogP contribution in [0.25, 0.3) is 10.2 Å². The second-order valence-electron chi connectivity index (χ2n) is 9.32. The second kappa shape index (κ2) is 12.9. The Kier molecular flexibility index (Phi) is 9.60. The first-order valence-corrected chi connectivity index (χ1v) is 13.5. The molecule has 3 heterocycles. The van der Waals surface area contributed by atoms with Crippen molar-refractivity contribution in [3.8, 4) is 11.5 Å². The van der Waals surface area contributed by atoms with Crippen molar-refractivity contribution >= 4 is 56.6 Å². The van der Waals surface area contributed by atoms with Crippen LogP contribution in [-0.4, -0.2) is 81.9 Å². The molecule has 5 rings (SSSR count). The van der Waals surface area contributed by atoms with Crippen LogP contribution in [0.5, 0.6) is 11.5 Å². The van der Waals surface area contributed by atoms with Gasteiger partial charge in [-0.2, -0.15) is 0 Å². The zero-order valence-electron chi connectivity index (χ0n) is 21.9. The number of hydrogen-bond acceptors (Lipinski definition) is 8. The number of halogens is 2. The lowest BCUT2D eigenvalue weighted by atomic mass is 10.1. The van der Waals surface area contributed by atoms with Gasteiger partial charge in [0.2, 0.25) is 11.8 Å². The average Bonchev–Trinajstić information content (AvgIpc) is 3.55. The number of carbonyl (C=O) groups is 2. The van der Waals surface area contributed by atoms with E-state index in [1.807, 2.05) is 6.07 Å². The van der Waals surface area contributed by atoms with Crippen molar-refractivity contribution in [3.05, 3.63) is 42.2 Å². The van der Waals surface area contributed by atoms with Crippen LogP contribution in [0, 0.1) is 11.7 Å². The standard InChI is InChI=1S/C27H31FN4O5S.ClH/c1-35-21-8-9-22(36-2)25-24(21)29-27(38-25)31(11-3-10-30-12-14-37-15-13-30)26(34)18-16-23(33)32(17-18)20-6-4-19(28)5-7-20;/h4-9,18H,3,10-17H2,1-2H3;1H. The number of ether oxygens (including phenoxy) is 3. The monoisotopic (exact) mass is 578 g/mol. The van der Waals surface area contributed by atoms with Crippen molar-refractivity contribution in [3.63, 3.8) is 0 Å². The summed E-state index contributed by atoms with van der Waals surface area (Å²) in [5.74, 6) is 0.0389. The Bertz CT molecular complexity index is 1260. The first-order valence-electron chi connectivity index (χ1n) is 12.7. The molecule has 210 valence electrons. The molecule has 2 fully saturated rings. The van der Waals surface area contributed by atoms with Gasteiger partial charge in [0, 0.05) is 44.8 Å². The van der Waals surface area contributed by atoms with Crippen LogP contribution in [0.1, 0.15) is 12.8 Å². The van der Waals surface area contributed by atoms with Crippen LogP contribution in [0.2, 0.25) is 0 Å². The number of methoxy groups -OCH3 is 2. The van der Waals surface area contributed by atoms with E-state index >= 15 is 0 Å². The van der Waals surface area contributed by atoms with Crippen molar-refractivity contribution in [2.45, 2.75) is 12.8 Å². The molecule has 0 spiro atoms. The maximum absolute atomic E-state index is 13.9. The lowest BCUT2D eigenvalue weighted by Gasteiger charge is -2.28. The Morgan fingerprint density at radius 1 is 1.13 bits per heavy atom. The molecule has 0 bridgehead atoms. The van der Waals surface area contributed by atoms with E-state index < -0.39 is 5.92 Å². The largest absolute Gasteiger partial charge is 0.495 e. The molecule has 2 aliphatic rings. The number of nitrogens with zero attached hydrogens (tertiary/aromatic N) is 4. The molecule has 1 aromatic heterocycles. The van der Waals surface area contributed by atoms with E-state index in [4.69, 9.17) is 19.2 Å². The minimum absolute atomic E-state index is 0. The lowest BCUT2D eigenvalue weighted by Crippen LogP contribution is -2.41. The van der Waals surface area contributed by atoms with Crippen LogP contribution >= 0.6 is 23.7 Å². The number of aromatic nitrogens is 1. The fourth-order valence-electron chi connectivity index (χ4n) is 4.93. The third kappa shape index (κ3) is 6.27. The Labute approximate surface area is 236 Å². The van der Waals surface area contributed by atoms with Gasteiger partial charge < -0.3 is 19.1 Å². The number of carbonyl (C=O) groups excluding carboxylic acids is 2. The van der Waals surface area contributed by atoms with E-state index in [2.05, 4.69) is 4.90 Å². The predicted molar refractivity (Wildman–Crippen MR) is 151 cm³/mol. The molecule has 0 aliphatic carbocycles. The molecule has 1 atom stereocenters. The predicted octanol–water partition coefficient (Wildman–Crippen LogP) is 3.98. The Morgan fingerprint density at radius 2 is 1.82 bits per heavy atom. The highest BCUT2D eigenvalue weighted by molar-refractivity contribution is 7.22. The molecule has 39 heavy (non-hydrogen) atoms. The summed E-state index contributed by atoms with van der Waals surface area (Å²) < 4.78 is 30.7. The van der Waals surface area contributed by atoms with Crippen LogP contribution in [-0.2, 0) is 14.3 Å². The van der Waals surface area contributed by atoms with Crippen molar-refractivity contribution in [2.75, 3.05) is 70.0 Å². The summed E-state index contributed by atoms with van der Waals surface area (Å²) in [7, 11) is 3.18. The van der Waals surface area contributed by atoms with Crippen molar-refractivity contribution in [1.29, 1.82) is 0 Å². The zero-order valence-corrected chi connectivity index (χ0v) is 23.6. The Balaban J connectivity index is 0.00000353. The lowest BCUT2D eigenvalue weighted by molar-refractivity contribution is -0.124. The smallest absolute Gasteiger partial charge is 0.234 e. The van der Waals surface area contributed by atoms with Crippen LogP contribution in [0.4, 0.5) is 15.2 Å². The van der Waals surface area contributed by atoms with Crippen molar-refractivity contribution < 1.29 is 28.2 Å². The fourth-order valence-corrected chi connectivity index (χ4v) is 6.04. The summed E-state index contributed by atoms with van der Waals surface area (Å²) in [6, 6.07) is 9.38. The number of fused-ring (bicyclic) bond motifs is 1. The molecular weight excluding hydrogens is 547 g/mol. The van der Waals surface area contributed by atoms with Gasteiger partial charge in [-0.1, -0.05) is 11.3 Å². The number of rotatable bonds is 9. The molecule has 12 heteroatoms. The van der Waals surface area contributed by atoms with Crippen molar-refractivity contribution in [2.24, 2.45) is 5.92 Å². The third-order valence-electron chi connectivity index (χ3n) is 6.97. The highest BCUT2D eigenvalue weighted by atomic mass is 35.5. The highest BCUT2D eigenvalue weighted by Crippen LogP contribution is 2.41. The Morgan fingerprint density at radius 3 is 2.51 bits per heavy atom. The first kappa shape index (κ1) is 29.0. The van der Waals surface area contributed by atoms with Gasteiger partial charge in [-0.25, -0.2) is 9.37 Å². The number of benzene rings is 2. The second-order valence-corrected chi connectivity index (χ2v) is 10.3. The van der Waals surface area contributed by atoms with Gasteiger partial charge in [0.25, 0.3) is 0 Å². The Hall–Kier alpha value is -2.99. The summed E-state index contributed by atoms with van der Waals surface area (Å²) in [6.07, 6.45) is 0.839. The molecule has 9 nitrogen and oxygen atoms in total. The van der Waals surface area contributed by atoms with Gasteiger partial charge >= 0.3 is 0 Å². The highest BCUT2D eigenvalue weighted by Gasteiger charge is 2.38. The summed E-state index contributed by atoms with van der Waals surface area (Å²) in [6.45, 7) is 4.69. The molecule has 0 radical (unpaired) electrons. The first-order chi connectivity index (χ1) is 18.5. The molecule has 2 aromatic carbocycles. The molecule has 2 saturated heterocycles. The van der Waals surface area contributed by atoms with Gasteiger partial charge in [0.1, 0.15) is 27.5 Å². The van der Waals surface area contributed by atoms with Crippen LogP contribution < -0.4 is 19.3 Å². The molecule has 2 aliphatic heterocycles. The normalized spacial score (nSPS) is 17.8. The van der Waals surface area contributed by atoms with Gasteiger partial charge in [0.05, 0.1) is 33.4 Å². The van der Waals surface area contributed by atoms with Gasteiger partial charge in [-0.05, 0) is 42.8 Å². The van der Waals surface area contributed by atoms with Crippen LogP contribution in [0.3, 0.4) is 0 Å². The summed E-state index contributed by atoms with van der Waals surface area (Å²) in [4.78, 5) is 37.2. The summed E-state index contributed by atoms with van der Waals surface area (Å²) in [5.41, 5.74) is 1.22. The molecule has 2 amide bonds. The molecular formula is C27H32ClFN4O5S. The topological polar surface area (TPSA) is 84.4 Å². The van der Waals surface area contributed by atoms with E-state index in [-0.39, 0.29) is 43.0 Å². The van der Waals surface area contributed by atoms with E-state index in [1.54, 1.807) is 42.2 Å². The minimum atomic E-state index is -0.535. The van der Waals surface area contributed by atoms with E-state index in [0.717, 1.165) is 30.8 Å². The molecule has 0 saturated carbocycles. The van der Waals surface area contributed by atoms with Crippen molar-refractivity contribution in [1.82, 2.24) is 9.88 Å². The fraction of sp³-hybridized carbons (Fsp3) is 0.444. The number of thiazole rings is 1. The number of hydrogen-bond donors (Lipinski definition) is 0. The van der Waals surface area contributed by atoms with Gasteiger partial charge in [0.15, 0.2) is 5.13 Å². The maximum Gasteiger partial charge on any atom is 0.234 e. The minimum Gasteiger partial charge on any atom is -0.495 e. The SMILES string of the molecule is COc1ccc(OC)c2sc(N(CCCN3CCOCC3)C(=O)C3CC(=O)N(c4ccc(F)cc4)C3)nc12.Cl. The number of amides is 2. The quantitative estimate of drug-likeness (QED) is 0.380. The molecule has 0 N–H and O–H groups in total.